The molecule has 0 heterocycles. The number of halogens is 1. The highest BCUT2D eigenvalue weighted by Gasteiger charge is 2.20. The molecule has 0 saturated carbocycles. The number of aryl methyl sites for hydroxylation is 1. The Labute approximate surface area is 96.9 Å². The minimum atomic E-state index is -1.27. The molecule has 1 atom stereocenters. The zero-order valence-corrected chi connectivity index (χ0v) is 9.11. The van der Waals surface area contributed by atoms with Gasteiger partial charge in [-0.25, -0.2) is 9.18 Å². The molecule has 1 aromatic carbocycles. The van der Waals surface area contributed by atoms with Crippen LogP contribution in [0.1, 0.15) is 12.0 Å². The van der Waals surface area contributed by atoms with Gasteiger partial charge in [0.25, 0.3) is 0 Å². The molecule has 0 bridgehead atoms. The summed E-state index contributed by atoms with van der Waals surface area (Å²) in [5, 5.41) is 19.9. The van der Waals surface area contributed by atoms with Crippen molar-refractivity contribution in [1.82, 2.24) is 0 Å². The standard InChI is InChI=1S/C11H12FNO4/c1-6-4-7(2-3-8(6)12)13-9(11(16)17)5-10(14)15/h2-4,9,13H,5H2,1H3,(H,14,15)(H,16,17). The fourth-order valence-corrected chi connectivity index (χ4v) is 1.31. The Morgan fingerprint density at radius 1 is 1.41 bits per heavy atom. The average molecular weight is 241 g/mol. The maximum Gasteiger partial charge on any atom is 0.326 e. The Bertz CT molecular complexity index is 447. The molecule has 0 aliphatic heterocycles. The van der Waals surface area contributed by atoms with E-state index in [1.165, 1.54) is 25.1 Å². The second kappa shape index (κ2) is 5.29. The molecule has 0 fully saturated rings. The van der Waals surface area contributed by atoms with Gasteiger partial charge in [-0.15, -0.1) is 0 Å². The smallest absolute Gasteiger partial charge is 0.326 e. The lowest BCUT2D eigenvalue weighted by Crippen LogP contribution is -2.31. The van der Waals surface area contributed by atoms with Crippen molar-refractivity contribution in [3.8, 4) is 0 Å². The number of carbonyl (C=O) groups is 2. The number of hydrogen-bond acceptors (Lipinski definition) is 3. The van der Waals surface area contributed by atoms with E-state index in [9.17, 15) is 14.0 Å². The Kier molecular flexibility index (Phi) is 4.03. The summed E-state index contributed by atoms with van der Waals surface area (Å²) in [6.45, 7) is 1.54. The van der Waals surface area contributed by atoms with Crippen molar-refractivity contribution in [3.63, 3.8) is 0 Å². The third-order valence-corrected chi connectivity index (χ3v) is 2.18. The van der Waals surface area contributed by atoms with Crippen LogP contribution in [-0.2, 0) is 9.59 Å². The van der Waals surface area contributed by atoms with Gasteiger partial charge in [-0.2, -0.15) is 0 Å². The lowest BCUT2D eigenvalue weighted by molar-refractivity contribution is -0.144. The van der Waals surface area contributed by atoms with Crippen LogP contribution in [0, 0.1) is 12.7 Å². The van der Waals surface area contributed by atoms with E-state index < -0.39 is 30.2 Å². The minimum absolute atomic E-state index is 0.356. The predicted octanol–water partition coefficient (Wildman–Crippen LogP) is 1.47. The highest BCUT2D eigenvalue weighted by Crippen LogP contribution is 2.15. The summed E-state index contributed by atoms with van der Waals surface area (Å²) in [6.07, 6.45) is -0.550. The van der Waals surface area contributed by atoms with Crippen molar-refractivity contribution in [3.05, 3.63) is 29.6 Å². The van der Waals surface area contributed by atoms with Crippen LogP contribution in [0.25, 0.3) is 0 Å². The first kappa shape index (κ1) is 13.0. The molecule has 0 aromatic heterocycles. The van der Waals surface area contributed by atoms with Crippen molar-refractivity contribution in [2.24, 2.45) is 0 Å². The number of anilines is 1. The van der Waals surface area contributed by atoms with Crippen molar-refractivity contribution in [1.29, 1.82) is 0 Å². The second-order valence-corrected chi connectivity index (χ2v) is 3.60. The van der Waals surface area contributed by atoms with Gasteiger partial charge in [0.2, 0.25) is 0 Å². The van der Waals surface area contributed by atoms with Crippen LogP contribution in [0.4, 0.5) is 10.1 Å². The zero-order valence-electron chi connectivity index (χ0n) is 9.11. The zero-order chi connectivity index (χ0) is 13.0. The lowest BCUT2D eigenvalue weighted by atomic mass is 10.1. The van der Waals surface area contributed by atoms with Gasteiger partial charge >= 0.3 is 11.9 Å². The SMILES string of the molecule is Cc1cc(NC(CC(=O)O)C(=O)O)ccc1F. The first-order chi connectivity index (χ1) is 7.90. The monoisotopic (exact) mass is 241 g/mol. The Balaban J connectivity index is 2.82. The molecule has 5 nitrogen and oxygen atoms in total. The molecule has 0 aliphatic carbocycles. The Morgan fingerprint density at radius 2 is 2.06 bits per heavy atom. The van der Waals surface area contributed by atoms with Gasteiger partial charge in [-0.05, 0) is 30.7 Å². The molecule has 3 N–H and O–H groups in total. The third-order valence-electron chi connectivity index (χ3n) is 2.18. The number of hydrogen-bond donors (Lipinski definition) is 3. The first-order valence-electron chi connectivity index (χ1n) is 4.87. The summed E-state index contributed by atoms with van der Waals surface area (Å²) in [6, 6.07) is 2.74. The molecule has 92 valence electrons. The van der Waals surface area contributed by atoms with Crippen molar-refractivity contribution in [2.45, 2.75) is 19.4 Å². The molecule has 0 amide bonds. The molecule has 1 unspecified atom stereocenters. The largest absolute Gasteiger partial charge is 0.481 e. The minimum Gasteiger partial charge on any atom is -0.481 e. The maximum atomic E-state index is 13.0. The number of carboxylic acid groups (broad SMARTS) is 2. The van der Waals surface area contributed by atoms with E-state index in [4.69, 9.17) is 10.2 Å². The molecule has 0 aliphatic rings. The first-order valence-corrected chi connectivity index (χ1v) is 4.87. The number of benzene rings is 1. The van der Waals surface area contributed by atoms with Crippen LogP contribution in [0.5, 0.6) is 0 Å². The van der Waals surface area contributed by atoms with E-state index in [0.717, 1.165) is 0 Å². The van der Waals surface area contributed by atoms with Crippen LogP contribution in [0.15, 0.2) is 18.2 Å². The van der Waals surface area contributed by atoms with Gasteiger partial charge in [0.05, 0.1) is 6.42 Å². The molecule has 1 rings (SSSR count). The summed E-state index contributed by atoms with van der Waals surface area (Å²) in [5.41, 5.74) is 0.729. The summed E-state index contributed by atoms with van der Waals surface area (Å²) >= 11 is 0. The van der Waals surface area contributed by atoms with Gasteiger partial charge in [0.15, 0.2) is 0 Å². The van der Waals surface area contributed by atoms with Gasteiger partial charge in [-0.3, -0.25) is 4.79 Å². The summed E-state index contributed by atoms with van der Waals surface area (Å²) in [5.74, 6) is -2.89. The molecule has 0 radical (unpaired) electrons. The Hall–Kier alpha value is -2.11. The van der Waals surface area contributed by atoms with Crippen molar-refractivity contribution >= 4 is 17.6 Å². The summed E-state index contributed by atoms with van der Waals surface area (Å²) in [4.78, 5) is 21.3. The van der Waals surface area contributed by atoms with E-state index in [1.807, 2.05) is 0 Å². The van der Waals surface area contributed by atoms with Crippen LogP contribution >= 0.6 is 0 Å². The van der Waals surface area contributed by atoms with Crippen molar-refractivity contribution in [2.75, 3.05) is 5.32 Å². The van der Waals surface area contributed by atoms with E-state index >= 15 is 0 Å². The van der Waals surface area contributed by atoms with Crippen LogP contribution < -0.4 is 5.32 Å². The van der Waals surface area contributed by atoms with Gasteiger partial charge in [0, 0.05) is 5.69 Å². The average Bonchev–Trinajstić information content (AvgIpc) is 2.21. The van der Waals surface area contributed by atoms with Crippen LogP contribution in [0.3, 0.4) is 0 Å². The van der Waals surface area contributed by atoms with Crippen LogP contribution in [0.2, 0.25) is 0 Å². The topological polar surface area (TPSA) is 86.6 Å². The fourth-order valence-electron chi connectivity index (χ4n) is 1.31. The molecule has 6 heteroatoms. The summed E-state index contributed by atoms with van der Waals surface area (Å²) < 4.78 is 13.0. The molecule has 17 heavy (non-hydrogen) atoms. The van der Waals surface area contributed by atoms with Crippen LogP contribution in [-0.4, -0.2) is 28.2 Å². The van der Waals surface area contributed by atoms with Gasteiger partial charge in [0.1, 0.15) is 11.9 Å². The van der Waals surface area contributed by atoms with Gasteiger partial charge < -0.3 is 15.5 Å². The van der Waals surface area contributed by atoms with E-state index in [2.05, 4.69) is 5.32 Å². The number of nitrogens with one attached hydrogen (secondary N) is 1. The van der Waals surface area contributed by atoms with E-state index in [-0.39, 0.29) is 0 Å². The predicted molar refractivity (Wildman–Crippen MR) is 58.4 cm³/mol. The van der Waals surface area contributed by atoms with E-state index in [1.54, 1.807) is 0 Å². The fraction of sp³-hybridized carbons (Fsp3) is 0.273. The van der Waals surface area contributed by atoms with Crippen molar-refractivity contribution < 1.29 is 24.2 Å². The molecule has 0 spiro atoms. The highest BCUT2D eigenvalue weighted by atomic mass is 19.1. The summed E-state index contributed by atoms with van der Waals surface area (Å²) in [7, 11) is 0. The van der Waals surface area contributed by atoms with E-state index in [0.29, 0.717) is 11.3 Å². The quantitative estimate of drug-likeness (QED) is 0.726. The maximum absolute atomic E-state index is 13.0. The lowest BCUT2D eigenvalue weighted by Gasteiger charge is -2.14. The molecular formula is C11H12FNO4. The number of rotatable bonds is 5. The second-order valence-electron chi connectivity index (χ2n) is 3.60. The molecule has 1 aromatic rings. The van der Waals surface area contributed by atoms with Gasteiger partial charge in [-0.1, -0.05) is 0 Å². The highest BCUT2D eigenvalue weighted by molar-refractivity contribution is 5.83. The number of aliphatic carboxylic acids is 2. The molecular weight excluding hydrogens is 229 g/mol. The third kappa shape index (κ3) is 3.75. The molecule has 0 saturated heterocycles. The Morgan fingerprint density at radius 3 is 2.53 bits per heavy atom. The number of carboxylic acids is 2. The normalized spacial score (nSPS) is 11.9.